The lowest BCUT2D eigenvalue weighted by Gasteiger charge is -2.00. The van der Waals surface area contributed by atoms with E-state index in [1.54, 1.807) is 19.3 Å². The zero-order chi connectivity index (χ0) is 8.10. The van der Waals surface area contributed by atoms with Crippen molar-refractivity contribution in [3.05, 3.63) is 18.2 Å². The van der Waals surface area contributed by atoms with E-state index < -0.39 is 0 Å². The van der Waals surface area contributed by atoms with Crippen molar-refractivity contribution in [2.75, 3.05) is 6.61 Å². The summed E-state index contributed by atoms with van der Waals surface area (Å²) in [5.41, 5.74) is 0. The van der Waals surface area contributed by atoms with Crippen LogP contribution in [0.3, 0.4) is 0 Å². The molecule has 0 saturated carbocycles. The van der Waals surface area contributed by atoms with Gasteiger partial charge in [-0.2, -0.15) is 0 Å². The smallest absolute Gasteiger partial charge is 0.156 e. The molecule has 0 unspecified atom stereocenters. The predicted molar refractivity (Wildman–Crippen MR) is 46.5 cm³/mol. The van der Waals surface area contributed by atoms with Crippen LogP contribution in [0.5, 0.6) is 0 Å². The molecule has 0 aliphatic carbocycles. The highest BCUT2D eigenvalue weighted by molar-refractivity contribution is 7.80. The Balaban J connectivity index is 2.19. The normalized spacial score (nSPS) is 9.55. The average molecular weight is 170 g/mol. The Labute approximate surface area is 70.8 Å². The van der Waals surface area contributed by atoms with Gasteiger partial charge in [0.15, 0.2) is 5.05 Å². The molecule has 0 amide bonds. The Morgan fingerprint density at radius 2 is 2.64 bits per heavy atom. The second-order valence-electron chi connectivity index (χ2n) is 2.13. The molecule has 1 aromatic rings. The fraction of sp³-hybridized carbons (Fsp3) is 0.429. The zero-order valence-electron chi connectivity index (χ0n) is 6.33. The van der Waals surface area contributed by atoms with E-state index in [-0.39, 0.29) is 0 Å². The van der Waals surface area contributed by atoms with Gasteiger partial charge in [0, 0.05) is 25.7 Å². The van der Waals surface area contributed by atoms with Crippen molar-refractivity contribution >= 4 is 17.3 Å². The second kappa shape index (κ2) is 4.08. The van der Waals surface area contributed by atoms with Crippen molar-refractivity contribution in [1.29, 1.82) is 0 Å². The molecule has 60 valence electrons. The van der Waals surface area contributed by atoms with Gasteiger partial charge in [-0.1, -0.05) is 0 Å². The Bertz CT molecular complexity index is 220. The van der Waals surface area contributed by atoms with E-state index >= 15 is 0 Å². The summed E-state index contributed by atoms with van der Waals surface area (Å²) >= 11 is 4.74. The first-order chi connectivity index (χ1) is 5.29. The lowest BCUT2D eigenvalue weighted by Crippen LogP contribution is -2.02. The summed E-state index contributed by atoms with van der Waals surface area (Å²) in [6, 6.07) is 0. The molecule has 0 aromatic carbocycles. The van der Waals surface area contributed by atoms with Crippen molar-refractivity contribution in [2.24, 2.45) is 0 Å². The molecule has 1 rings (SSSR count). The number of aromatic nitrogens is 2. The van der Waals surface area contributed by atoms with E-state index in [1.807, 2.05) is 0 Å². The molecule has 0 radical (unpaired) electrons. The summed E-state index contributed by atoms with van der Waals surface area (Å²) in [5.74, 6) is 0.932. The molecular formula is C7H10N2OS. The average Bonchev–Trinajstić information content (AvgIpc) is 2.39. The molecule has 0 bridgehead atoms. The number of hydrogen-bond acceptors (Lipinski definition) is 3. The molecule has 0 saturated heterocycles. The van der Waals surface area contributed by atoms with Gasteiger partial charge in [0.25, 0.3) is 0 Å². The molecule has 1 aromatic heterocycles. The van der Waals surface area contributed by atoms with Crippen LogP contribution in [0.2, 0.25) is 0 Å². The van der Waals surface area contributed by atoms with E-state index in [4.69, 9.17) is 17.0 Å². The number of hydrogen-bond donors (Lipinski definition) is 1. The van der Waals surface area contributed by atoms with Gasteiger partial charge in [-0.05, 0) is 12.2 Å². The second-order valence-corrected chi connectivity index (χ2v) is 2.70. The molecule has 0 atom stereocenters. The largest absolute Gasteiger partial charge is 0.487 e. The third-order valence-electron chi connectivity index (χ3n) is 1.20. The molecule has 0 spiro atoms. The minimum absolute atomic E-state index is 0.580. The number of ether oxygens (including phenoxy) is 1. The summed E-state index contributed by atoms with van der Waals surface area (Å²) in [5, 5.41) is 0.580. The topological polar surface area (TPSA) is 37.9 Å². The van der Waals surface area contributed by atoms with E-state index in [0.717, 1.165) is 12.2 Å². The maximum absolute atomic E-state index is 5.09. The van der Waals surface area contributed by atoms with Crippen LogP contribution in [-0.4, -0.2) is 21.6 Å². The fourth-order valence-corrected chi connectivity index (χ4v) is 0.809. The van der Waals surface area contributed by atoms with E-state index in [0.29, 0.717) is 11.7 Å². The molecule has 4 heteroatoms. The molecule has 3 nitrogen and oxygen atoms in total. The van der Waals surface area contributed by atoms with Crippen LogP contribution in [0.1, 0.15) is 12.7 Å². The number of thiocarbonyl (C=S) groups is 1. The van der Waals surface area contributed by atoms with E-state index in [9.17, 15) is 0 Å². The lowest BCUT2D eigenvalue weighted by molar-refractivity contribution is 0.312. The zero-order valence-corrected chi connectivity index (χ0v) is 7.15. The molecule has 11 heavy (non-hydrogen) atoms. The molecule has 1 heterocycles. The minimum Gasteiger partial charge on any atom is -0.487 e. The summed E-state index contributed by atoms with van der Waals surface area (Å²) < 4.78 is 5.09. The summed E-state index contributed by atoms with van der Waals surface area (Å²) in [7, 11) is 0. The molecule has 0 fully saturated rings. The number of rotatable bonds is 3. The Hall–Kier alpha value is -0.900. The van der Waals surface area contributed by atoms with Crippen molar-refractivity contribution in [3.8, 4) is 0 Å². The van der Waals surface area contributed by atoms with Crippen molar-refractivity contribution in [1.82, 2.24) is 9.97 Å². The van der Waals surface area contributed by atoms with Gasteiger partial charge in [-0.3, -0.25) is 0 Å². The lowest BCUT2D eigenvalue weighted by atomic mass is 10.4. The summed E-state index contributed by atoms with van der Waals surface area (Å²) in [4.78, 5) is 7.01. The van der Waals surface area contributed by atoms with Gasteiger partial charge >= 0.3 is 0 Å². The van der Waals surface area contributed by atoms with Crippen LogP contribution in [0, 0.1) is 0 Å². The Morgan fingerprint density at radius 3 is 3.18 bits per heavy atom. The van der Waals surface area contributed by atoms with Crippen LogP contribution in [0.25, 0.3) is 0 Å². The van der Waals surface area contributed by atoms with Gasteiger partial charge in [-0.15, -0.1) is 0 Å². The number of aromatic amines is 1. The highest BCUT2D eigenvalue weighted by Crippen LogP contribution is 1.91. The van der Waals surface area contributed by atoms with E-state index in [1.165, 1.54) is 0 Å². The maximum atomic E-state index is 5.09. The standard InChI is InChI=1S/C7H10N2OS/c1-6(11)10-5-2-7-8-3-4-9-7/h3-4H,2,5H2,1H3,(H,8,9). The predicted octanol–water partition coefficient (Wildman–Crippen LogP) is 1.32. The van der Waals surface area contributed by atoms with Gasteiger partial charge in [0.2, 0.25) is 0 Å². The highest BCUT2D eigenvalue weighted by Gasteiger charge is 1.94. The van der Waals surface area contributed by atoms with Gasteiger partial charge in [-0.25, -0.2) is 4.98 Å². The minimum atomic E-state index is 0.580. The molecule has 0 aliphatic heterocycles. The summed E-state index contributed by atoms with van der Waals surface area (Å²) in [6.45, 7) is 2.36. The number of imidazole rings is 1. The van der Waals surface area contributed by atoms with Crippen LogP contribution >= 0.6 is 12.2 Å². The molecular weight excluding hydrogens is 160 g/mol. The van der Waals surface area contributed by atoms with Crippen molar-refractivity contribution < 1.29 is 4.74 Å². The van der Waals surface area contributed by atoms with Crippen LogP contribution in [0.4, 0.5) is 0 Å². The van der Waals surface area contributed by atoms with Gasteiger partial charge < -0.3 is 9.72 Å². The third kappa shape index (κ3) is 3.13. The maximum Gasteiger partial charge on any atom is 0.156 e. The SMILES string of the molecule is CC(=S)OCCc1ncc[nH]1. The highest BCUT2D eigenvalue weighted by atomic mass is 32.1. The number of nitrogens with one attached hydrogen (secondary N) is 1. The Morgan fingerprint density at radius 1 is 1.82 bits per heavy atom. The van der Waals surface area contributed by atoms with Crippen LogP contribution < -0.4 is 0 Å². The molecule has 0 aliphatic rings. The van der Waals surface area contributed by atoms with Crippen molar-refractivity contribution in [2.45, 2.75) is 13.3 Å². The van der Waals surface area contributed by atoms with Crippen molar-refractivity contribution in [3.63, 3.8) is 0 Å². The number of nitrogens with zero attached hydrogens (tertiary/aromatic N) is 1. The van der Waals surface area contributed by atoms with Gasteiger partial charge in [0.1, 0.15) is 5.82 Å². The summed E-state index contributed by atoms with van der Waals surface area (Å²) in [6.07, 6.45) is 4.29. The van der Waals surface area contributed by atoms with E-state index in [2.05, 4.69) is 9.97 Å². The fourth-order valence-electron chi connectivity index (χ4n) is 0.726. The first-order valence-electron chi connectivity index (χ1n) is 3.40. The third-order valence-corrected chi connectivity index (χ3v) is 1.32. The van der Waals surface area contributed by atoms with Gasteiger partial charge in [0.05, 0.1) is 6.61 Å². The quantitative estimate of drug-likeness (QED) is 0.695. The Kier molecular flexibility index (Phi) is 3.04. The first kappa shape index (κ1) is 8.20. The molecule has 1 N–H and O–H groups in total. The first-order valence-corrected chi connectivity index (χ1v) is 3.81. The van der Waals surface area contributed by atoms with Crippen LogP contribution in [-0.2, 0) is 11.2 Å². The monoisotopic (exact) mass is 170 g/mol. The van der Waals surface area contributed by atoms with Crippen LogP contribution in [0.15, 0.2) is 12.4 Å². The number of H-pyrrole nitrogens is 1.